The summed E-state index contributed by atoms with van der Waals surface area (Å²) in [5, 5.41) is 3.05. The number of nitrogens with one attached hydrogen (secondary N) is 1. The lowest BCUT2D eigenvalue weighted by atomic mass is 10.1. The molecule has 1 aliphatic rings. The maximum atomic E-state index is 13.1. The summed E-state index contributed by atoms with van der Waals surface area (Å²) in [6.45, 7) is 0.656. The zero-order valence-corrected chi connectivity index (χ0v) is 15.2. The number of benzene rings is 2. The molecule has 8 heteroatoms. The van der Waals surface area contributed by atoms with Crippen molar-refractivity contribution in [1.29, 1.82) is 0 Å². The molecule has 2 aromatic rings. The van der Waals surface area contributed by atoms with Crippen LogP contribution in [0.15, 0.2) is 47.4 Å². The summed E-state index contributed by atoms with van der Waals surface area (Å²) in [6.07, 6.45) is -2.56. The molecule has 0 amide bonds. The molecule has 1 N–H and O–H groups in total. The van der Waals surface area contributed by atoms with Crippen LogP contribution in [0.25, 0.3) is 6.08 Å². The van der Waals surface area contributed by atoms with Gasteiger partial charge in [-0.1, -0.05) is 42.2 Å². The fourth-order valence-corrected chi connectivity index (χ4v) is 3.50. The Balaban J connectivity index is 1.89. The third-order valence-electron chi connectivity index (χ3n) is 3.56. The third-order valence-corrected chi connectivity index (χ3v) is 4.81. The Labute approximate surface area is 158 Å². The number of rotatable bonds is 4. The normalized spacial score (nSPS) is 15.8. The van der Waals surface area contributed by atoms with Gasteiger partial charge in [0.15, 0.2) is 11.5 Å². The smallest absolute Gasteiger partial charge is 0.419 e. The van der Waals surface area contributed by atoms with Gasteiger partial charge in [-0.25, -0.2) is 0 Å². The zero-order chi connectivity index (χ0) is 18.7. The van der Waals surface area contributed by atoms with Crippen molar-refractivity contribution in [2.45, 2.75) is 6.18 Å². The standard InChI is InChI=1S/C18H14F3NO2S2/c1-23-16-9-11(8-12-10-22-17(25)26-12)6-7-15(16)24-14-5-3-2-4-13(14)18(19,20)21/h2-9H,10H2,1H3,(H,22,25). The topological polar surface area (TPSA) is 30.5 Å². The Hall–Kier alpha value is -2.19. The number of hydrogen-bond acceptors (Lipinski definition) is 4. The van der Waals surface area contributed by atoms with Crippen LogP contribution in [0.3, 0.4) is 0 Å². The molecule has 0 saturated carbocycles. The lowest BCUT2D eigenvalue weighted by molar-refractivity contribution is -0.138. The van der Waals surface area contributed by atoms with Gasteiger partial charge in [-0.15, -0.1) is 0 Å². The van der Waals surface area contributed by atoms with E-state index in [0.29, 0.717) is 16.6 Å². The van der Waals surface area contributed by atoms with Gasteiger partial charge in [0, 0.05) is 11.4 Å². The fourth-order valence-electron chi connectivity index (χ4n) is 2.38. The molecule has 136 valence electrons. The maximum absolute atomic E-state index is 13.1. The van der Waals surface area contributed by atoms with E-state index in [1.807, 2.05) is 6.08 Å². The van der Waals surface area contributed by atoms with Gasteiger partial charge < -0.3 is 14.8 Å². The van der Waals surface area contributed by atoms with Crippen molar-refractivity contribution in [1.82, 2.24) is 5.32 Å². The number of alkyl halides is 3. The summed E-state index contributed by atoms with van der Waals surface area (Å²) in [6, 6.07) is 10.1. The molecule has 0 unspecified atom stereocenters. The Morgan fingerprint density at radius 2 is 1.88 bits per heavy atom. The van der Waals surface area contributed by atoms with Gasteiger partial charge in [-0.2, -0.15) is 13.2 Å². The molecule has 0 radical (unpaired) electrons. The molecule has 0 aromatic heterocycles. The SMILES string of the molecule is COc1cc(C=C2CNC(=S)S2)ccc1Oc1ccccc1C(F)(F)F. The van der Waals surface area contributed by atoms with Gasteiger partial charge in [0.25, 0.3) is 0 Å². The van der Waals surface area contributed by atoms with E-state index in [0.717, 1.165) is 16.5 Å². The highest BCUT2D eigenvalue weighted by Gasteiger charge is 2.34. The van der Waals surface area contributed by atoms with Crippen LogP contribution in [-0.2, 0) is 6.18 Å². The molecule has 3 nitrogen and oxygen atoms in total. The first-order valence-corrected chi connectivity index (χ1v) is 8.77. The lowest BCUT2D eigenvalue weighted by Gasteiger charge is -2.15. The maximum Gasteiger partial charge on any atom is 0.419 e. The number of halogens is 3. The van der Waals surface area contributed by atoms with Crippen molar-refractivity contribution >= 4 is 34.4 Å². The van der Waals surface area contributed by atoms with Crippen LogP contribution in [-0.4, -0.2) is 18.0 Å². The van der Waals surface area contributed by atoms with E-state index >= 15 is 0 Å². The highest BCUT2D eigenvalue weighted by molar-refractivity contribution is 8.26. The van der Waals surface area contributed by atoms with Gasteiger partial charge in [0.1, 0.15) is 10.1 Å². The van der Waals surface area contributed by atoms with Crippen molar-refractivity contribution in [3.05, 3.63) is 58.5 Å². The van der Waals surface area contributed by atoms with Crippen LogP contribution in [0.1, 0.15) is 11.1 Å². The van der Waals surface area contributed by atoms with E-state index in [1.165, 1.54) is 37.1 Å². The van der Waals surface area contributed by atoms with Crippen LogP contribution < -0.4 is 14.8 Å². The molecule has 3 rings (SSSR count). The Bertz CT molecular complexity index is 866. The summed E-state index contributed by atoms with van der Waals surface area (Å²) in [5.41, 5.74) is 0.00231. The molecule has 1 aliphatic heterocycles. The minimum absolute atomic E-state index is 0.207. The number of thioether (sulfide) groups is 1. The van der Waals surface area contributed by atoms with Gasteiger partial charge in [-0.05, 0) is 35.9 Å². The summed E-state index contributed by atoms with van der Waals surface area (Å²) >= 11 is 6.54. The second-order valence-corrected chi connectivity index (χ2v) is 7.16. The fraction of sp³-hybridized carbons (Fsp3) is 0.167. The van der Waals surface area contributed by atoms with Gasteiger partial charge in [0.05, 0.1) is 12.7 Å². The molecule has 0 aliphatic carbocycles. The lowest BCUT2D eigenvalue weighted by Crippen LogP contribution is -2.09. The largest absolute Gasteiger partial charge is 0.493 e. The highest BCUT2D eigenvalue weighted by atomic mass is 32.2. The predicted octanol–water partition coefficient (Wildman–Crippen LogP) is 5.47. The van der Waals surface area contributed by atoms with Gasteiger partial charge in [0.2, 0.25) is 0 Å². The molecule has 0 spiro atoms. The summed E-state index contributed by atoms with van der Waals surface area (Å²) < 4.78 is 50.9. The van der Waals surface area contributed by atoms with Crippen molar-refractivity contribution in [3.8, 4) is 17.2 Å². The Morgan fingerprint density at radius 3 is 2.54 bits per heavy atom. The van der Waals surface area contributed by atoms with E-state index in [-0.39, 0.29) is 11.5 Å². The molecule has 1 heterocycles. The summed E-state index contributed by atoms with van der Waals surface area (Å²) in [7, 11) is 1.44. The first-order chi connectivity index (χ1) is 12.4. The van der Waals surface area contributed by atoms with Crippen LogP contribution in [0.5, 0.6) is 17.2 Å². The Morgan fingerprint density at radius 1 is 1.12 bits per heavy atom. The minimum Gasteiger partial charge on any atom is -0.493 e. The average Bonchev–Trinajstić information content (AvgIpc) is 3.00. The molecular formula is C18H14F3NO2S2. The number of thiocarbonyl (C=S) groups is 1. The molecule has 1 fully saturated rings. The summed E-state index contributed by atoms with van der Waals surface area (Å²) in [4.78, 5) is 1.05. The number of para-hydroxylation sites is 1. The van der Waals surface area contributed by atoms with Crippen LogP contribution in [0, 0.1) is 0 Å². The van der Waals surface area contributed by atoms with Crippen LogP contribution in [0.4, 0.5) is 13.2 Å². The van der Waals surface area contributed by atoms with Crippen LogP contribution >= 0.6 is 24.0 Å². The average molecular weight is 397 g/mol. The Kier molecular flexibility index (Phi) is 5.43. The molecule has 1 saturated heterocycles. The molecular weight excluding hydrogens is 383 g/mol. The monoisotopic (exact) mass is 397 g/mol. The molecule has 0 bridgehead atoms. The van der Waals surface area contributed by atoms with Gasteiger partial charge >= 0.3 is 6.18 Å². The number of ether oxygens (including phenoxy) is 2. The van der Waals surface area contributed by atoms with Crippen molar-refractivity contribution in [2.75, 3.05) is 13.7 Å². The highest BCUT2D eigenvalue weighted by Crippen LogP contribution is 2.40. The van der Waals surface area contributed by atoms with Crippen molar-refractivity contribution in [3.63, 3.8) is 0 Å². The number of hydrogen-bond donors (Lipinski definition) is 1. The van der Waals surface area contributed by atoms with E-state index in [4.69, 9.17) is 21.7 Å². The first-order valence-electron chi connectivity index (χ1n) is 7.55. The molecule has 0 atom stereocenters. The molecule has 26 heavy (non-hydrogen) atoms. The quantitative estimate of drug-likeness (QED) is 0.692. The number of methoxy groups -OCH3 is 1. The van der Waals surface area contributed by atoms with E-state index in [1.54, 1.807) is 18.2 Å². The minimum atomic E-state index is -4.50. The predicted molar refractivity (Wildman–Crippen MR) is 101 cm³/mol. The van der Waals surface area contributed by atoms with E-state index < -0.39 is 11.7 Å². The van der Waals surface area contributed by atoms with Crippen molar-refractivity contribution in [2.24, 2.45) is 0 Å². The third kappa shape index (κ3) is 4.31. The van der Waals surface area contributed by atoms with E-state index in [9.17, 15) is 13.2 Å². The summed E-state index contributed by atoms with van der Waals surface area (Å²) in [5.74, 6) is 0.277. The first kappa shape index (κ1) is 18.6. The van der Waals surface area contributed by atoms with E-state index in [2.05, 4.69) is 5.32 Å². The van der Waals surface area contributed by atoms with Crippen molar-refractivity contribution < 1.29 is 22.6 Å². The van der Waals surface area contributed by atoms with Crippen LogP contribution in [0.2, 0.25) is 0 Å². The second-order valence-electron chi connectivity index (χ2n) is 5.36. The zero-order valence-electron chi connectivity index (χ0n) is 13.6. The van der Waals surface area contributed by atoms with Gasteiger partial charge in [-0.3, -0.25) is 0 Å². The second kappa shape index (κ2) is 7.59. The molecule has 2 aromatic carbocycles.